The number of hydrogen-bond acceptors (Lipinski definition) is 3. The average Bonchev–Trinajstić information content (AvgIpc) is 2.98. The third-order valence-corrected chi connectivity index (χ3v) is 4.78. The Hall–Kier alpha value is -1.07. The molecule has 6 heteroatoms. The molecule has 1 N–H and O–H groups in total. The van der Waals surface area contributed by atoms with Crippen molar-refractivity contribution >= 4 is 18.3 Å². The standard InChI is InChI=1S/C14H22N4O.ClH/c1-11-9-12(16-17(11)2)13(19)18-7-4-14(5-8-18)3-6-15-10-14;/h9,15H,3-8,10H2,1-2H3;1H. The average molecular weight is 299 g/mol. The van der Waals surface area contributed by atoms with E-state index in [1.165, 1.54) is 6.42 Å². The SMILES string of the molecule is Cc1cc(C(=O)N2CCC3(CCNC3)CC2)nn1C.Cl. The summed E-state index contributed by atoms with van der Waals surface area (Å²) in [5, 5.41) is 7.74. The van der Waals surface area contributed by atoms with Crippen LogP contribution in [0, 0.1) is 12.3 Å². The lowest BCUT2D eigenvalue weighted by Gasteiger charge is -2.38. The number of halogens is 1. The number of nitrogens with zero attached hydrogens (tertiary/aromatic N) is 3. The smallest absolute Gasteiger partial charge is 0.274 e. The second kappa shape index (κ2) is 5.74. The molecule has 1 spiro atoms. The number of likely N-dealkylation sites (tertiary alicyclic amines) is 1. The van der Waals surface area contributed by atoms with Crippen LogP contribution in [0.2, 0.25) is 0 Å². The van der Waals surface area contributed by atoms with E-state index in [9.17, 15) is 4.79 Å². The zero-order chi connectivity index (χ0) is 13.5. The van der Waals surface area contributed by atoms with E-state index in [1.807, 2.05) is 24.9 Å². The molecular formula is C14H23ClN4O. The van der Waals surface area contributed by atoms with Gasteiger partial charge in [-0.3, -0.25) is 9.48 Å². The number of carbonyl (C=O) groups excluding carboxylic acids is 1. The fourth-order valence-electron chi connectivity index (χ4n) is 3.23. The van der Waals surface area contributed by atoms with Crippen molar-refractivity contribution in [1.82, 2.24) is 20.0 Å². The van der Waals surface area contributed by atoms with E-state index in [2.05, 4.69) is 10.4 Å². The Labute approximate surface area is 126 Å². The predicted octanol–water partition coefficient (Wildman–Crippen LogP) is 1.37. The first-order valence-corrected chi connectivity index (χ1v) is 7.10. The Kier molecular flexibility index (Phi) is 4.39. The van der Waals surface area contributed by atoms with E-state index >= 15 is 0 Å². The van der Waals surface area contributed by atoms with Gasteiger partial charge < -0.3 is 10.2 Å². The number of amides is 1. The van der Waals surface area contributed by atoms with Crippen molar-refractivity contribution < 1.29 is 4.79 Å². The van der Waals surface area contributed by atoms with Crippen LogP contribution in [0.25, 0.3) is 0 Å². The molecule has 0 aliphatic carbocycles. The van der Waals surface area contributed by atoms with E-state index in [0.29, 0.717) is 11.1 Å². The normalized spacial score (nSPS) is 21.0. The minimum Gasteiger partial charge on any atom is -0.337 e. The van der Waals surface area contributed by atoms with Crippen molar-refractivity contribution in [2.75, 3.05) is 26.2 Å². The van der Waals surface area contributed by atoms with Crippen molar-refractivity contribution in [3.05, 3.63) is 17.5 Å². The molecule has 2 fully saturated rings. The van der Waals surface area contributed by atoms with Crippen LogP contribution in [0.15, 0.2) is 6.07 Å². The largest absolute Gasteiger partial charge is 0.337 e. The van der Waals surface area contributed by atoms with Crippen LogP contribution in [0.1, 0.15) is 35.4 Å². The van der Waals surface area contributed by atoms with E-state index in [1.54, 1.807) is 4.68 Å². The Bertz CT molecular complexity index is 464. The summed E-state index contributed by atoms with van der Waals surface area (Å²) in [5.74, 6) is 0.0875. The minimum atomic E-state index is 0. The molecule has 20 heavy (non-hydrogen) atoms. The maximum atomic E-state index is 12.4. The predicted molar refractivity (Wildman–Crippen MR) is 80.3 cm³/mol. The second-order valence-electron chi connectivity index (χ2n) is 6.01. The molecule has 2 saturated heterocycles. The lowest BCUT2D eigenvalue weighted by molar-refractivity contribution is 0.0601. The van der Waals surface area contributed by atoms with Crippen molar-refractivity contribution in [2.24, 2.45) is 12.5 Å². The number of aryl methyl sites for hydroxylation is 2. The Morgan fingerprint density at radius 2 is 2.05 bits per heavy atom. The summed E-state index contributed by atoms with van der Waals surface area (Å²) < 4.78 is 1.76. The van der Waals surface area contributed by atoms with Gasteiger partial charge in [0.05, 0.1) is 0 Å². The van der Waals surface area contributed by atoms with Crippen LogP contribution in [0.3, 0.4) is 0 Å². The molecule has 0 unspecified atom stereocenters. The first kappa shape index (κ1) is 15.3. The summed E-state index contributed by atoms with van der Waals surface area (Å²) in [7, 11) is 1.88. The topological polar surface area (TPSA) is 50.2 Å². The van der Waals surface area contributed by atoms with Gasteiger partial charge >= 0.3 is 0 Å². The highest BCUT2D eigenvalue weighted by atomic mass is 35.5. The molecule has 2 aliphatic heterocycles. The van der Waals surface area contributed by atoms with Crippen LogP contribution in [-0.4, -0.2) is 46.8 Å². The number of piperidine rings is 1. The van der Waals surface area contributed by atoms with E-state index < -0.39 is 0 Å². The van der Waals surface area contributed by atoms with Gasteiger partial charge in [-0.15, -0.1) is 12.4 Å². The van der Waals surface area contributed by atoms with Crippen LogP contribution in [0.4, 0.5) is 0 Å². The summed E-state index contributed by atoms with van der Waals surface area (Å²) in [5.41, 5.74) is 2.06. The highest BCUT2D eigenvalue weighted by Crippen LogP contribution is 2.37. The van der Waals surface area contributed by atoms with Gasteiger partial charge in [0.25, 0.3) is 5.91 Å². The molecule has 0 aromatic carbocycles. The van der Waals surface area contributed by atoms with Gasteiger partial charge in [-0.1, -0.05) is 0 Å². The van der Waals surface area contributed by atoms with Crippen LogP contribution in [-0.2, 0) is 7.05 Å². The molecular weight excluding hydrogens is 276 g/mol. The van der Waals surface area contributed by atoms with Gasteiger partial charge in [0.15, 0.2) is 5.69 Å². The molecule has 2 aliphatic rings. The quantitative estimate of drug-likeness (QED) is 0.852. The van der Waals surface area contributed by atoms with Gasteiger partial charge in [0, 0.05) is 32.4 Å². The number of hydrogen-bond donors (Lipinski definition) is 1. The third kappa shape index (κ3) is 2.69. The van der Waals surface area contributed by atoms with Crippen LogP contribution < -0.4 is 5.32 Å². The van der Waals surface area contributed by atoms with Crippen molar-refractivity contribution in [3.8, 4) is 0 Å². The van der Waals surface area contributed by atoms with Gasteiger partial charge in [0.2, 0.25) is 0 Å². The van der Waals surface area contributed by atoms with Gasteiger partial charge in [-0.25, -0.2) is 0 Å². The van der Waals surface area contributed by atoms with Crippen molar-refractivity contribution in [3.63, 3.8) is 0 Å². The summed E-state index contributed by atoms with van der Waals surface area (Å²) >= 11 is 0. The minimum absolute atomic E-state index is 0. The van der Waals surface area contributed by atoms with E-state index in [-0.39, 0.29) is 18.3 Å². The molecule has 0 saturated carbocycles. The maximum Gasteiger partial charge on any atom is 0.274 e. The first-order valence-electron chi connectivity index (χ1n) is 7.10. The van der Waals surface area contributed by atoms with Gasteiger partial charge in [0.1, 0.15) is 0 Å². The Morgan fingerprint density at radius 3 is 2.55 bits per heavy atom. The monoisotopic (exact) mass is 298 g/mol. The highest BCUT2D eigenvalue weighted by molar-refractivity contribution is 5.92. The lowest BCUT2D eigenvalue weighted by atomic mass is 9.78. The fraction of sp³-hybridized carbons (Fsp3) is 0.714. The second-order valence-corrected chi connectivity index (χ2v) is 6.01. The van der Waals surface area contributed by atoms with Crippen LogP contribution >= 0.6 is 12.4 Å². The fourth-order valence-corrected chi connectivity index (χ4v) is 3.23. The number of nitrogens with one attached hydrogen (secondary N) is 1. The molecule has 3 rings (SSSR count). The van der Waals surface area contributed by atoms with Gasteiger partial charge in [-0.2, -0.15) is 5.10 Å². The Balaban J connectivity index is 0.00000147. The molecule has 112 valence electrons. The van der Waals surface area contributed by atoms with Crippen molar-refractivity contribution in [1.29, 1.82) is 0 Å². The van der Waals surface area contributed by atoms with Crippen molar-refractivity contribution in [2.45, 2.75) is 26.2 Å². The molecule has 0 atom stereocenters. The van der Waals surface area contributed by atoms with E-state index in [0.717, 1.165) is 44.7 Å². The molecule has 1 amide bonds. The molecule has 1 aromatic heterocycles. The molecule has 1 aromatic rings. The van der Waals surface area contributed by atoms with E-state index in [4.69, 9.17) is 0 Å². The molecule has 3 heterocycles. The van der Waals surface area contributed by atoms with Crippen LogP contribution in [0.5, 0.6) is 0 Å². The number of aromatic nitrogens is 2. The summed E-state index contributed by atoms with van der Waals surface area (Å²) in [6.45, 7) is 5.97. The summed E-state index contributed by atoms with van der Waals surface area (Å²) in [6.07, 6.45) is 3.51. The summed E-state index contributed by atoms with van der Waals surface area (Å²) in [4.78, 5) is 14.4. The first-order chi connectivity index (χ1) is 9.10. The third-order valence-electron chi connectivity index (χ3n) is 4.78. The lowest BCUT2D eigenvalue weighted by Crippen LogP contribution is -2.44. The zero-order valence-electron chi connectivity index (χ0n) is 12.2. The Morgan fingerprint density at radius 1 is 1.35 bits per heavy atom. The molecule has 0 radical (unpaired) electrons. The maximum absolute atomic E-state index is 12.4. The molecule has 5 nitrogen and oxygen atoms in total. The summed E-state index contributed by atoms with van der Waals surface area (Å²) in [6, 6.07) is 1.88. The molecule has 0 bridgehead atoms. The number of carbonyl (C=O) groups is 1. The zero-order valence-corrected chi connectivity index (χ0v) is 13.0. The van der Waals surface area contributed by atoms with Gasteiger partial charge in [-0.05, 0) is 44.2 Å². The number of rotatable bonds is 1. The highest BCUT2D eigenvalue weighted by Gasteiger charge is 2.38.